The highest BCUT2D eigenvalue weighted by Gasteiger charge is 2.26. The number of urea groups is 1. The van der Waals surface area contributed by atoms with Crippen molar-refractivity contribution < 1.29 is 14.3 Å². The molecule has 21 heavy (non-hydrogen) atoms. The molecule has 0 bridgehead atoms. The lowest BCUT2D eigenvalue weighted by molar-refractivity contribution is 0.127. The van der Waals surface area contributed by atoms with Crippen molar-refractivity contribution >= 4 is 11.7 Å². The summed E-state index contributed by atoms with van der Waals surface area (Å²) in [5.41, 5.74) is 0.197. The third-order valence-electron chi connectivity index (χ3n) is 3.87. The van der Waals surface area contributed by atoms with Crippen LogP contribution in [0.5, 0.6) is 0 Å². The van der Waals surface area contributed by atoms with Crippen LogP contribution >= 0.6 is 0 Å². The number of para-hydroxylation sites is 1. The summed E-state index contributed by atoms with van der Waals surface area (Å²) in [5.74, 6) is -0.437. The molecule has 2 atom stereocenters. The first kappa shape index (κ1) is 15.8. The molecule has 0 aliphatic carbocycles. The molecule has 0 saturated carbocycles. The number of hydrogen-bond acceptors (Lipinski definition) is 2. The van der Waals surface area contributed by atoms with Gasteiger partial charge in [0.25, 0.3) is 0 Å². The molecule has 1 aliphatic rings. The lowest BCUT2D eigenvalue weighted by Gasteiger charge is -2.31. The van der Waals surface area contributed by atoms with Gasteiger partial charge in [0.1, 0.15) is 5.82 Å². The maximum Gasteiger partial charge on any atom is 0.322 e. The highest BCUT2D eigenvalue weighted by molar-refractivity contribution is 5.89. The van der Waals surface area contributed by atoms with Gasteiger partial charge in [0.15, 0.2) is 0 Å². The normalized spacial score (nSPS) is 20.7. The van der Waals surface area contributed by atoms with Crippen molar-refractivity contribution in [3.63, 3.8) is 0 Å². The topological polar surface area (TPSA) is 52.6 Å². The smallest absolute Gasteiger partial charge is 0.322 e. The third kappa shape index (κ3) is 4.43. The zero-order valence-corrected chi connectivity index (χ0v) is 12.4. The number of benzene rings is 1. The van der Waals surface area contributed by atoms with Crippen LogP contribution in [0.25, 0.3) is 0 Å². The molecule has 1 aliphatic heterocycles. The molecule has 2 amide bonds. The minimum Gasteiger partial charge on any atom is -0.393 e. The Morgan fingerprint density at radius 1 is 1.43 bits per heavy atom. The number of hydrogen-bond donors (Lipinski definition) is 2. The molecule has 2 rings (SSSR count). The van der Waals surface area contributed by atoms with Crippen molar-refractivity contribution in [2.45, 2.75) is 51.2 Å². The summed E-state index contributed by atoms with van der Waals surface area (Å²) in [5, 5.41) is 12.3. The van der Waals surface area contributed by atoms with Gasteiger partial charge in [-0.1, -0.05) is 25.0 Å². The van der Waals surface area contributed by atoms with Gasteiger partial charge < -0.3 is 15.3 Å². The van der Waals surface area contributed by atoms with E-state index in [9.17, 15) is 14.3 Å². The highest BCUT2D eigenvalue weighted by atomic mass is 19.1. The maximum atomic E-state index is 13.6. The fourth-order valence-electron chi connectivity index (χ4n) is 2.83. The Bertz CT molecular complexity index is 479. The lowest BCUT2D eigenvalue weighted by Crippen LogP contribution is -2.44. The SMILES string of the molecule is CC(O)CC1CCCCCN1C(=O)Nc1ccccc1F. The Balaban J connectivity index is 2.08. The Morgan fingerprint density at radius 3 is 2.90 bits per heavy atom. The van der Waals surface area contributed by atoms with Crippen LogP contribution in [-0.4, -0.2) is 34.7 Å². The van der Waals surface area contributed by atoms with E-state index in [1.165, 1.54) is 6.07 Å². The van der Waals surface area contributed by atoms with Crippen LogP contribution in [-0.2, 0) is 0 Å². The second-order valence-electron chi connectivity index (χ2n) is 5.69. The van der Waals surface area contributed by atoms with Gasteiger partial charge in [-0.25, -0.2) is 9.18 Å². The minimum atomic E-state index is -0.447. The zero-order chi connectivity index (χ0) is 15.2. The Morgan fingerprint density at radius 2 is 2.19 bits per heavy atom. The molecule has 2 unspecified atom stereocenters. The highest BCUT2D eigenvalue weighted by Crippen LogP contribution is 2.22. The number of aliphatic hydroxyl groups is 1. The lowest BCUT2D eigenvalue weighted by atomic mass is 10.0. The first-order valence-electron chi connectivity index (χ1n) is 7.58. The van der Waals surface area contributed by atoms with E-state index >= 15 is 0 Å². The van der Waals surface area contributed by atoms with Crippen LogP contribution in [0.2, 0.25) is 0 Å². The van der Waals surface area contributed by atoms with Gasteiger partial charge in [-0.15, -0.1) is 0 Å². The van der Waals surface area contributed by atoms with Gasteiger partial charge in [-0.2, -0.15) is 0 Å². The molecule has 4 nitrogen and oxygen atoms in total. The van der Waals surface area contributed by atoms with Crippen molar-refractivity contribution in [3.8, 4) is 0 Å². The first-order valence-corrected chi connectivity index (χ1v) is 7.58. The van der Waals surface area contributed by atoms with E-state index < -0.39 is 11.9 Å². The molecule has 2 N–H and O–H groups in total. The van der Waals surface area contributed by atoms with E-state index in [-0.39, 0.29) is 17.8 Å². The Kier molecular flexibility index (Phi) is 5.56. The number of halogens is 1. The number of carbonyl (C=O) groups excluding carboxylic acids is 1. The van der Waals surface area contributed by atoms with E-state index in [0.29, 0.717) is 13.0 Å². The second-order valence-corrected chi connectivity index (χ2v) is 5.69. The van der Waals surface area contributed by atoms with Crippen LogP contribution in [0.1, 0.15) is 39.0 Å². The van der Waals surface area contributed by atoms with Gasteiger partial charge in [-0.3, -0.25) is 0 Å². The number of carbonyl (C=O) groups is 1. The maximum absolute atomic E-state index is 13.6. The average Bonchev–Trinajstić information content (AvgIpc) is 2.66. The van der Waals surface area contributed by atoms with E-state index in [0.717, 1.165) is 25.7 Å². The van der Waals surface area contributed by atoms with Gasteiger partial charge in [-0.05, 0) is 38.3 Å². The van der Waals surface area contributed by atoms with Crippen LogP contribution in [0, 0.1) is 5.82 Å². The minimum absolute atomic E-state index is 0.0132. The molecular weight excluding hydrogens is 271 g/mol. The van der Waals surface area contributed by atoms with Gasteiger partial charge in [0, 0.05) is 12.6 Å². The average molecular weight is 294 g/mol. The summed E-state index contributed by atoms with van der Waals surface area (Å²) in [6, 6.07) is 5.88. The predicted molar refractivity (Wildman–Crippen MR) is 80.7 cm³/mol. The second kappa shape index (κ2) is 7.41. The molecule has 0 spiro atoms. The van der Waals surface area contributed by atoms with E-state index in [1.54, 1.807) is 30.0 Å². The van der Waals surface area contributed by atoms with Crippen molar-refractivity contribution in [2.24, 2.45) is 0 Å². The van der Waals surface area contributed by atoms with Gasteiger partial charge in [0.05, 0.1) is 11.8 Å². The molecule has 116 valence electrons. The predicted octanol–water partition coefficient (Wildman–Crippen LogP) is 3.37. The quantitative estimate of drug-likeness (QED) is 0.898. The van der Waals surface area contributed by atoms with E-state index in [1.807, 2.05) is 0 Å². The van der Waals surface area contributed by atoms with Crippen LogP contribution < -0.4 is 5.32 Å². The number of likely N-dealkylation sites (tertiary alicyclic amines) is 1. The number of aliphatic hydroxyl groups excluding tert-OH is 1. The van der Waals surface area contributed by atoms with E-state index in [4.69, 9.17) is 0 Å². The number of rotatable bonds is 3. The van der Waals surface area contributed by atoms with E-state index in [2.05, 4.69) is 5.32 Å². The standard InChI is InChI=1S/C16H23FN2O2/c1-12(20)11-13-7-3-2-6-10-19(13)16(21)18-15-9-5-4-8-14(15)17/h4-5,8-9,12-13,20H,2-3,6-7,10-11H2,1H3,(H,18,21). The number of nitrogens with one attached hydrogen (secondary N) is 1. The summed E-state index contributed by atoms with van der Waals surface area (Å²) in [7, 11) is 0. The van der Waals surface area contributed by atoms with Crippen molar-refractivity contribution in [3.05, 3.63) is 30.1 Å². The molecule has 5 heteroatoms. The summed E-state index contributed by atoms with van der Waals surface area (Å²) in [6.07, 6.45) is 4.08. The number of nitrogens with zero attached hydrogens (tertiary/aromatic N) is 1. The van der Waals surface area contributed by atoms with Gasteiger partial charge >= 0.3 is 6.03 Å². The summed E-state index contributed by atoms with van der Waals surface area (Å²) in [6.45, 7) is 2.38. The summed E-state index contributed by atoms with van der Waals surface area (Å²) >= 11 is 0. The van der Waals surface area contributed by atoms with Crippen LogP contribution in [0.15, 0.2) is 24.3 Å². The molecule has 1 saturated heterocycles. The van der Waals surface area contributed by atoms with Crippen LogP contribution in [0.4, 0.5) is 14.9 Å². The molecular formula is C16H23FN2O2. The van der Waals surface area contributed by atoms with Crippen molar-refractivity contribution in [2.75, 3.05) is 11.9 Å². The van der Waals surface area contributed by atoms with Gasteiger partial charge in [0.2, 0.25) is 0 Å². The molecule has 1 fully saturated rings. The molecule has 1 heterocycles. The monoisotopic (exact) mass is 294 g/mol. The van der Waals surface area contributed by atoms with Crippen molar-refractivity contribution in [1.82, 2.24) is 4.90 Å². The van der Waals surface area contributed by atoms with Crippen LogP contribution in [0.3, 0.4) is 0 Å². The Labute approximate surface area is 125 Å². The third-order valence-corrected chi connectivity index (χ3v) is 3.87. The molecule has 0 radical (unpaired) electrons. The fourth-order valence-corrected chi connectivity index (χ4v) is 2.83. The molecule has 1 aromatic rings. The summed E-state index contributed by atoms with van der Waals surface area (Å²) < 4.78 is 13.6. The summed E-state index contributed by atoms with van der Waals surface area (Å²) in [4.78, 5) is 14.2. The molecule has 0 aromatic heterocycles. The molecule has 1 aromatic carbocycles. The fraction of sp³-hybridized carbons (Fsp3) is 0.562. The first-order chi connectivity index (χ1) is 10.1. The largest absolute Gasteiger partial charge is 0.393 e. The number of amides is 2. The van der Waals surface area contributed by atoms with Crippen molar-refractivity contribution in [1.29, 1.82) is 0 Å². The Hall–Kier alpha value is -1.62. The number of anilines is 1. The zero-order valence-electron chi connectivity index (χ0n) is 12.4.